The molecule has 0 radical (unpaired) electrons. The Bertz CT molecular complexity index is 334. The summed E-state index contributed by atoms with van der Waals surface area (Å²) >= 11 is 11.9. The van der Waals surface area contributed by atoms with Crippen LogP contribution in [0, 0.1) is 5.82 Å². The minimum absolute atomic E-state index is 0.204. The van der Waals surface area contributed by atoms with E-state index in [1.807, 2.05) is 0 Å². The predicted octanol–water partition coefficient (Wildman–Crippen LogP) is 4.86. The van der Waals surface area contributed by atoms with Crippen molar-refractivity contribution in [3.8, 4) is 0 Å². The van der Waals surface area contributed by atoms with E-state index in [0.29, 0.717) is 0 Å². The number of aryl methyl sites for hydroxylation is 1. The van der Waals surface area contributed by atoms with E-state index < -0.39 is 7.38 Å². The Balaban J connectivity index is 2.48. The number of hydrogen-bond acceptors (Lipinski definition) is 0. The highest BCUT2D eigenvalue weighted by Crippen LogP contribution is 2.21. The smallest absolute Gasteiger partial charge is 0.150 e. The third kappa shape index (κ3) is 5.00. The first-order valence-electron chi connectivity index (χ1n) is 5.01. The second kappa shape index (κ2) is 5.33. The first kappa shape index (κ1) is 13.0. The molecule has 0 bridgehead atoms. The summed E-state index contributed by atoms with van der Waals surface area (Å²) in [5, 5.41) is 0.204. The molecule has 1 aromatic carbocycles. The molecule has 0 aliphatic rings. The fraction of sp³-hybridized carbons (Fsp3) is 0.455. The molecule has 0 fully saturated rings. The lowest BCUT2D eigenvalue weighted by Crippen LogP contribution is -2.15. The molecule has 0 aliphatic heterocycles. The third-order valence-corrected chi connectivity index (χ3v) is 4.62. The summed E-state index contributed by atoms with van der Waals surface area (Å²) in [6.07, 6.45) is 1.97. The maximum atomic E-state index is 12.9. The van der Waals surface area contributed by atoms with E-state index in [-0.39, 0.29) is 10.8 Å². The summed E-state index contributed by atoms with van der Waals surface area (Å²) in [5.74, 6) is -0.354. The van der Waals surface area contributed by atoms with Crippen molar-refractivity contribution in [2.45, 2.75) is 32.0 Å². The summed E-state index contributed by atoms with van der Waals surface area (Å²) in [5.41, 5.74) is 1.08. The molecular weight excluding hydrogens is 250 g/mol. The molecule has 0 aromatic heterocycles. The Hall–Kier alpha value is -0.0531. The van der Waals surface area contributed by atoms with Gasteiger partial charge in [-0.2, -0.15) is 11.1 Å². The molecular formula is C11H15Cl2FSi. The number of rotatable bonds is 4. The van der Waals surface area contributed by atoms with Gasteiger partial charge < -0.3 is 0 Å². The van der Waals surface area contributed by atoms with Crippen molar-refractivity contribution in [2.24, 2.45) is 0 Å². The first-order valence-corrected chi connectivity index (χ1v) is 9.61. The van der Waals surface area contributed by atoms with Gasteiger partial charge in [-0.05, 0) is 30.2 Å². The van der Waals surface area contributed by atoms with Gasteiger partial charge in [0.15, 0.2) is 7.38 Å². The quantitative estimate of drug-likeness (QED) is 0.539. The number of halogens is 3. The fourth-order valence-corrected chi connectivity index (χ4v) is 3.03. The van der Waals surface area contributed by atoms with E-state index in [0.717, 1.165) is 24.4 Å². The molecule has 0 spiro atoms. The maximum absolute atomic E-state index is 12.9. The minimum Gasteiger partial charge on any atom is -0.205 e. The Morgan fingerprint density at radius 3 is 2.53 bits per heavy atom. The monoisotopic (exact) mass is 264 g/mol. The lowest BCUT2D eigenvalue weighted by atomic mass is 10.1. The largest absolute Gasteiger partial charge is 0.205 e. The highest BCUT2D eigenvalue weighted by molar-refractivity contribution is 7.19. The summed E-state index contributed by atoms with van der Waals surface area (Å²) in [6, 6.07) is 5.97. The van der Waals surface area contributed by atoms with Crippen molar-refractivity contribution in [1.82, 2.24) is 0 Å². The average molecular weight is 265 g/mol. The maximum Gasteiger partial charge on any atom is 0.150 e. The van der Waals surface area contributed by atoms with Crippen molar-refractivity contribution < 1.29 is 4.39 Å². The zero-order valence-corrected chi connectivity index (χ0v) is 11.5. The van der Waals surface area contributed by atoms with E-state index in [1.165, 1.54) is 6.07 Å². The van der Waals surface area contributed by atoms with Crippen molar-refractivity contribution in [3.63, 3.8) is 0 Å². The minimum atomic E-state index is -1.47. The van der Waals surface area contributed by atoms with Crippen LogP contribution in [0.15, 0.2) is 18.2 Å². The molecule has 0 saturated carbocycles. The number of hydrogen-bond donors (Lipinski definition) is 0. The highest BCUT2D eigenvalue weighted by atomic mass is 35.6. The van der Waals surface area contributed by atoms with E-state index in [9.17, 15) is 4.39 Å². The molecule has 0 atom stereocenters. The Labute approximate surface area is 101 Å². The molecule has 0 unspecified atom stereocenters. The van der Waals surface area contributed by atoms with E-state index >= 15 is 0 Å². The van der Waals surface area contributed by atoms with Crippen LogP contribution in [0.1, 0.15) is 12.0 Å². The summed E-state index contributed by atoms with van der Waals surface area (Å²) < 4.78 is 12.9. The summed E-state index contributed by atoms with van der Waals surface area (Å²) in [7, 11) is -1.47. The second-order valence-electron chi connectivity index (χ2n) is 4.32. The molecule has 0 saturated heterocycles. The van der Waals surface area contributed by atoms with Crippen LogP contribution in [0.2, 0.25) is 24.2 Å². The predicted molar refractivity (Wildman–Crippen MR) is 67.9 cm³/mol. The van der Waals surface area contributed by atoms with Crippen LogP contribution < -0.4 is 0 Å². The van der Waals surface area contributed by atoms with Gasteiger partial charge in [-0.15, -0.1) is 0 Å². The molecule has 0 heterocycles. The van der Waals surface area contributed by atoms with Crippen LogP contribution in [0.5, 0.6) is 0 Å². The zero-order valence-electron chi connectivity index (χ0n) is 8.99. The van der Waals surface area contributed by atoms with Gasteiger partial charge in [0.25, 0.3) is 0 Å². The van der Waals surface area contributed by atoms with Gasteiger partial charge in [-0.1, -0.05) is 37.2 Å². The normalized spacial score (nSPS) is 11.8. The van der Waals surface area contributed by atoms with Crippen LogP contribution in [0.4, 0.5) is 4.39 Å². The lowest BCUT2D eigenvalue weighted by Gasteiger charge is -2.12. The topological polar surface area (TPSA) is 0 Å². The highest BCUT2D eigenvalue weighted by Gasteiger charge is 2.15. The van der Waals surface area contributed by atoms with E-state index in [2.05, 4.69) is 13.1 Å². The Morgan fingerprint density at radius 1 is 1.33 bits per heavy atom. The fourth-order valence-electron chi connectivity index (χ4n) is 1.41. The van der Waals surface area contributed by atoms with Gasteiger partial charge in [-0.3, -0.25) is 0 Å². The molecule has 1 aromatic rings. The second-order valence-corrected chi connectivity index (χ2v) is 11.7. The molecule has 0 nitrogen and oxygen atoms in total. The Morgan fingerprint density at radius 2 is 2.00 bits per heavy atom. The van der Waals surface area contributed by atoms with Crippen LogP contribution in [-0.2, 0) is 6.42 Å². The van der Waals surface area contributed by atoms with Gasteiger partial charge in [0.2, 0.25) is 0 Å². The number of benzene rings is 1. The SMILES string of the molecule is C[Si](C)(Cl)CCCc1ccc(F)c(Cl)c1. The van der Waals surface area contributed by atoms with Crippen molar-refractivity contribution in [3.05, 3.63) is 34.6 Å². The van der Waals surface area contributed by atoms with Gasteiger partial charge >= 0.3 is 0 Å². The average Bonchev–Trinajstić information content (AvgIpc) is 2.09. The Kier molecular flexibility index (Phi) is 4.62. The van der Waals surface area contributed by atoms with Gasteiger partial charge in [0.05, 0.1) is 5.02 Å². The standard InChI is InChI=1S/C11H15Cl2FSi/c1-15(2,13)7-3-4-9-5-6-11(14)10(12)8-9/h5-6,8H,3-4,7H2,1-2H3. The van der Waals surface area contributed by atoms with Gasteiger partial charge in [0, 0.05) is 0 Å². The van der Waals surface area contributed by atoms with Crippen LogP contribution >= 0.6 is 22.7 Å². The van der Waals surface area contributed by atoms with Crippen molar-refractivity contribution in [2.75, 3.05) is 0 Å². The van der Waals surface area contributed by atoms with E-state index in [1.54, 1.807) is 12.1 Å². The van der Waals surface area contributed by atoms with Crippen LogP contribution in [0.25, 0.3) is 0 Å². The van der Waals surface area contributed by atoms with Crippen LogP contribution in [0.3, 0.4) is 0 Å². The van der Waals surface area contributed by atoms with Gasteiger partial charge in [0.1, 0.15) is 5.82 Å². The lowest BCUT2D eigenvalue weighted by molar-refractivity contribution is 0.627. The summed E-state index contributed by atoms with van der Waals surface area (Å²) in [4.78, 5) is 0. The van der Waals surface area contributed by atoms with Crippen molar-refractivity contribution in [1.29, 1.82) is 0 Å². The van der Waals surface area contributed by atoms with E-state index in [4.69, 9.17) is 22.7 Å². The first-order chi connectivity index (χ1) is 6.88. The summed E-state index contributed by atoms with van der Waals surface area (Å²) in [6.45, 7) is 4.26. The molecule has 4 heteroatoms. The van der Waals surface area contributed by atoms with Crippen molar-refractivity contribution >= 4 is 30.1 Å². The molecule has 84 valence electrons. The molecule has 0 aliphatic carbocycles. The molecule has 15 heavy (non-hydrogen) atoms. The third-order valence-electron chi connectivity index (χ3n) is 2.22. The van der Waals surface area contributed by atoms with Crippen LogP contribution in [-0.4, -0.2) is 7.38 Å². The zero-order chi connectivity index (χ0) is 11.5. The molecule has 0 amide bonds. The van der Waals surface area contributed by atoms with Gasteiger partial charge in [-0.25, -0.2) is 4.39 Å². The molecule has 0 N–H and O–H groups in total. The molecule has 1 rings (SSSR count).